The molecular formula is C5H12LiN3O. The Morgan fingerprint density at radius 2 is 1.90 bits per heavy atom. The number of primary amides is 1. The second kappa shape index (κ2) is 4.61. The van der Waals surface area contributed by atoms with Crippen LogP contribution in [0.2, 0.25) is 0 Å². The second-order valence-electron chi connectivity index (χ2n) is 2.08. The first-order valence-electron chi connectivity index (χ1n) is 3.06. The Morgan fingerprint density at radius 3 is 2.20 bits per heavy atom. The van der Waals surface area contributed by atoms with Gasteiger partial charge in [-0.15, -0.1) is 0 Å². The first-order valence-corrected chi connectivity index (χ1v) is 3.06. The maximum absolute atomic E-state index is 10.5. The van der Waals surface area contributed by atoms with Crippen molar-refractivity contribution in [2.45, 2.75) is 0 Å². The molecule has 0 aromatic heterocycles. The molecule has 2 amide bonds. The summed E-state index contributed by atoms with van der Waals surface area (Å²) < 4.78 is 0. The van der Waals surface area contributed by atoms with Crippen molar-refractivity contribution in [2.75, 3.05) is 26.2 Å². The van der Waals surface area contributed by atoms with Crippen molar-refractivity contribution >= 4 is 24.9 Å². The molecule has 0 spiro atoms. The molecular weight excluding hydrogens is 125 g/mol. The molecule has 1 fully saturated rings. The molecule has 0 unspecified atom stereocenters. The maximum atomic E-state index is 10.5. The average Bonchev–Trinajstić information content (AvgIpc) is 1.90. The molecule has 5 heteroatoms. The van der Waals surface area contributed by atoms with Gasteiger partial charge >= 0.3 is 24.9 Å². The SMILES string of the molecule is NC(=O)N1CCNCC1.[LiH]. The molecule has 54 valence electrons. The van der Waals surface area contributed by atoms with Crippen LogP contribution in [0.1, 0.15) is 0 Å². The van der Waals surface area contributed by atoms with E-state index in [-0.39, 0.29) is 24.9 Å². The third kappa shape index (κ3) is 2.61. The molecule has 1 aliphatic rings. The topological polar surface area (TPSA) is 58.4 Å². The van der Waals surface area contributed by atoms with Crippen LogP contribution >= 0.6 is 0 Å². The number of nitrogens with zero attached hydrogens (tertiary/aromatic N) is 1. The molecule has 0 atom stereocenters. The van der Waals surface area contributed by atoms with Gasteiger partial charge in [0.25, 0.3) is 0 Å². The Morgan fingerprint density at radius 1 is 1.40 bits per heavy atom. The zero-order valence-electron chi connectivity index (χ0n) is 5.26. The summed E-state index contributed by atoms with van der Waals surface area (Å²) in [6.45, 7) is 3.22. The van der Waals surface area contributed by atoms with Crippen LogP contribution in [0.4, 0.5) is 4.79 Å². The molecule has 0 aliphatic carbocycles. The fourth-order valence-electron chi connectivity index (χ4n) is 0.885. The van der Waals surface area contributed by atoms with E-state index in [2.05, 4.69) is 5.32 Å². The monoisotopic (exact) mass is 137 g/mol. The average molecular weight is 137 g/mol. The summed E-state index contributed by atoms with van der Waals surface area (Å²) in [7, 11) is 0. The minimum atomic E-state index is -0.309. The van der Waals surface area contributed by atoms with Gasteiger partial charge in [0.15, 0.2) is 0 Å². The zero-order valence-corrected chi connectivity index (χ0v) is 5.26. The molecule has 1 aliphatic heterocycles. The zero-order chi connectivity index (χ0) is 6.69. The van der Waals surface area contributed by atoms with Crippen LogP contribution < -0.4 is 11.1 Å². The molecule has 1 rings (SSSR count). The molecule has 1 heterocycles. The van der Waals surface area contributed by atoms with E-state index >= 15 is 0 Å². The summed E-state index contributed by atoms with van der Waals surface area (Å²) in [5.41, 5.74) is 5.03. The number of carbonyl (C=O) groups excluding carboxylic acids is 1. The molecule has 10 heavy (non-hydrogen) atoms. The molecule has 0 aromatic carbocycles. The number of rotatable bonds is 0. The summed E-state index contributed by atoms with van der Waals surface area (Å²) in [6.07, 6.45) is 0. The van der Waals surface area contributed by atoms with Gasteiger partial charge in [0.2, 0.25) is 0 Å². The first-order chi connectivity index (χ1) is 4.30. The van der Waals surface area contributed by atoms with E-state index in [0.717, 1.165) is 26.2 Å². The van der Waals surface area contributed by atoms with E-state index in [4.69, 9.17) is 5.73 Å². The Balaban J connectivity index is 0.000000810. The van der Waals surface area contributed by atoms with Gasteiger partial charge in [-0.05, 0) is 0 Å². The standard InChI is InChI=1S/C5H11N3O.Li.H/c6-5(9)8-3-1-7-2-4-8;;/h7H,1-4H2,(H2,6,9);;. The number of amides is 2. The molecule has 3 N–H and O–H groups in total. The number of carbonyl (C=O) groups is 1. The minimum absolute atomic E-state index is 0. The van der Waals surface area contributed by atoms with Gasteiger partial charge in [-0.3, -0.25) is 0 Å². The Kier molecular flexibility index (Phi) is 4.53. The van der Waals surface area contributed by atoms with Crippen LogP contribution in [0.5, 0.6) is 0 Å². The summed E-state index contributed by atoms with van der Waals surface area (Å²) >= 11 is 0. The Bertz CT molecular complexity index is 113. The van der Waals surface area contributed by atoms with Crippen LogP contribution in [0, 0.1) is 0 Å². The summed E-state index contributed by atoms with van der Waals surface area (Å²) in [4.78, 5) is 12.1. The van der Waals surface area contributed by atoms with Crippen LogP contribution in [-0.2, 0) is 0 Å². The van der Waals surface area contributed by atoms with Gasteiger partial charge in [0, 0.05) is 26.2 Å². The third-order valence-electron chi connectivity index (χ3n) is 1.43. The molecule has 1 saturated heterocycles. The number of piperazine rings is 1. The van der Waals surface area contributed by atoms with Gasteiger partial charge < -0.3 is 16.0 Å². The normalized spacial score (nSPS) is 17.8. The van der Waals surface area contributed by atoms with Crippen molar-refractivity contribution in [1.82, 2.24) is 10.2 Å². The van der Waals surface area contributed by atoms with Crippen LogP contribution in [-0.4, -0.2) is 56.0 Å². The van der Waals surface area contributed by atoms with Crippen molar-refractivity contribution in [2.24, 2.45) is 5.73 Å². The number of urea groups is 1. The van der Waals surface area contributed by atoms with E-state index in [1.54, 1.807) is 4.90 Å². The van der Waals surface area contributed by atoms with Gasteiger partial charge in [-0.2, -0.15) is 0 Å². The molecule has 0 radical (unpaired) electrons. The van der Waals surface area contributed by atoms with Crippen molar-refractivity contribution in [3.05, 3.63) is 0 Å². The van der Waals surface area contributed by atoms with E-state index in [0.29, 0.717) is 0 Å². The van der Waals surface area contributed by atoms with Gasteiger partial charge in [0.1, 0.15) is 0 Å². The molecule has 0 aromatic rings. The number of nitrogens with one attached hydrogen (secondary N) is 1. The quantitative estimate of drug-likeness (QED) is 0.392. The predicted molar refractivity (Wildman–Crippen MR) is 41.2 cm³/mol. The van der Waals surface area contributed by atoms with E-state index in [1.165, 1.54) is 0 Å². The summed E-state index contributed by atoms with van der Waals surface area (Å²) in [5.74, 6) is 0. The number of hydrogen-bond acceptors (Lipinski definition) is 2. The molecule has 0 saturated carbocycles. The number of nitrogens with two attached hydrogens (primary N) is 1. The van der Waals surface area contributed by atoms with Crippen LogP contribution in [0.15, 0.2) is 0 Å². The fourth-order valence-corrected chi connectivity index (χ4v) is 0.885. The van der Waals surface area contributed by atoms with Crippen molar-refractivity contribution in [3.63, 3.8) is 0 Å². The van der Waals surface area contributed by atoms with E-state index in [1.807, 2.05) is 0 Å². The second-order valence-corrected chi connectivity index (χ2v) is 2.08. The van der Waals surface area contributed by atoms with Gasteiger partial charge in [0.05, 0.1) is 0 Å². The Labute approximate surface area is 72.3 Å². The predicted octanol–water partition coefficient (Wildman–Crippen LogP) is -1.68. The van der Waals surface area contributed by atoms with E-state index < -0.39 is 0 Å². The summed E-state index contributed by atoms with van der Waals surface area (Å²) in [5, 5.41) is 3.12. The number of hydrogen-bond donors (Lipinski definition) is 2. The first kappa shape index (κ1) is 9.83. The third-order valence-corrected chi connectivity index (χ3v) is 1.43. The summed E-state index contributed by atoms with van der Waals surface area (Å²) in [6, 6.07) is -0.309. The van der Waals surface area contributed by atoms with Crippen molar-refractivity contribution in [3.8, 4) is 0 Å². The molecule has 4 nitrogen and oxygen atoms in total. The van der Waals surface area contributed by atoms with E-state index in [9.17, 15) is 4.79 Å². The Hall–Kier alpha value is -0.173. The van der Waals surface area contributed by atoms with Crippen molar-refractivity contribution < 1.29 is 4.79 Å². The van der Waals surface area contributed by atoms with Crippen LogP contribution in [0.3, 0.4) is 0 Å². The van der Waals surface area contributed by atoms with Gasteiger partial charge in [-0.25, -0.2) is 4.79 Å². The van der Waals surface area contributed by atoms with Gasteiger partial charge in [-0.1, -0.05) is 0 Å². The van der Waals surface area contributed by atoms with Crippen LogP contribution in [0.25, 0.3) is 0 Å². The molecule has 0 bridgehead atoms. The van der Waals surface area contributed by atoms with Crippen molar-refractivity contribution in [1.29, 1.82) is 0 Å². The fraction of sp³-hybridized carbons (Fsp3) is 0.800.